The summed E-state index contributed by atoms with van der Waals surface area (Å²) in [5, 5.41) is 12.5. The Bertz CT molecular complexity index is 965. The number of ether oxygens (including phenoxy) is 1. The summed E-state index contributed by atoms with van der Waals surface area (Å²) in [5.41, 5.74) is 3.55. The molecule has 1 N–H and O–H groups in total. The van der Waals surface area contributed by atoms with E-state index < -0.39 is 0 Å². The Morgan fingerprint density at radius 1 is 1.15 bits per heavy atom. The van der Waals surface area contributed by atoms with Crippen molar-refractivity contribution in [2.75, 3.05) is 11.6 Å². The van der Waals surface area contributed by atoms with Crippen LogP contribution in [0.5, 0.6) is 5.88 Å². The van der Waals surface area contributed by atoms with Gasteiger partial charge in [-0.25, -0.2) is 0 Å². The standard InChI is InChI=1S/C19H15BrN4OS/c1-26-19-22-18-17(23-24-19)14-11-13(20)8-9-15(14)21-16(25-18)10-7-12-5-3-2-4-6-12/h2-11,16,21H,1H3/b10-7+. The average molecular weight is 427 g/mol. The van der Waals surface area contributed by atoms with Gasteiger partial charge >= 0.3 is 0 Å². The first kappa shape index (κ1) is 17.1. The van der Waals surface area contributed by atoms with Crippen LogP contribution >= 0.6 is 27.7 Å². The summed E-state index contributed by atoms with van der Waals surface area (Å²) < 4.78 is 7.06. The largest absolute Gasteiger partial charge is 0.448 e. The van der Waals surface area contributed by atoms with Crippen molar-refractivity contribution in [3.05, 3.63) is 64.6 Å². The second kappa shape index (κ2) is 7.47. The Morgan fingerprint density at radius 3 is 2.81 bits per heavy atom. The van der Waals surface area contributed by atoms with Crippen molar-refractivity contribution in [1.29, 1.82) is 0 Å². The van der Waals surface area contributed by atoms with Crippen molar-refractivity contribution < 1.29 is 4.74 Å². The van der Waals surface area contributed by atoms with Crippen LogP contribution in [0.3, 0.4) is 0 Å². The van der Waals surface area contributed by atoms with Crippen LogP contribution in [0.25, 0.3) is 17.3 Å². The van der Waals surface area contributed by atoms with E-state index in [1.807, 2.05) is 66.9 Å². The summed E-state index contributed by atoms with van der Waals surface area (Å²) in [6.45, 7) is 0. The molecule has 1 atom stereocenters. The highest BCUT2D eigenvalue weighted by molar-refractivity contribution is 9.10. The van der Waals surface area contributed by atoms with Gasteiger partial charge in [0.15, 0.2) is 11.9 Å². The van der Waals surface area contributed by atoms with E-state index in [0.29, 0.717) is 16.7 Å². The van der Waals surface area contributed by atoms with E-state index in [2.05, 4.69) is 36.4 Å². The van der Waals surface area contributed by atoms with Crippen LogP contribution < -0.4 is 10.1 Å². The molecule has 0 radical (unpaired) electrons. The Kier molecular flexibility index (Phi) is 4.90. The molecule has 4 rings (SSSR count). The van der Waals surface area contributed by atoms with E-state index in [-0.39, 0.29) is 6.23 Å². The lowest BCUT2D eigenvalue weighted by molar-refractivity contribution is 0.266. The van der Waals surface area contributed by atoms with Gasteiger partial charge in [0.2, 0.25) is 11.0 Å². The molecule has 1 aromatic heterocycles. The molecule has 1 unspecified atom stereocenters. The van der Waals surface area contributed by atoms with Gasteiger partial charge in [-0.2, -0.15) is 4.98 Å². The van der Waals surface area contributed by atoms with Gasteiger partial charge in [0.05, 0.1) is 0 Å². The molecule has 2 heterocycles. The number of hydrogen-bond acceptors (Lipinski definition) is 6. The van der Waals surface area contributed by atoms with Gasteiger partial charge in [0.1, 0.15) is 0 Å². The minimum absolute atomic E-state index is 0.372. The molecule has 3 aromatic rings. The maximum atomic E-state index is 6.10. The number of thioether (sulfide) groups is 1. The monoisotopic (exact) mass is 426 g/mol. The van der Waals surface area contributed by atoms with Crippen molar-refractivity contribution in [3.8, 4) is 17.1 Å². The first-order valence-electron chi connectivity index (χ1n) is 7.98. The molecule has 0 aliphatic carbocycles. The lowest BCUT2D eigenvalue weighted by atomic mass is 10.1. The maximum Gasteiger partial charge on any atom is 0.247 e. The number of fused-ring (bicyclic) bond motifs is 3. The lowest BCUT2D eigenvalue weighted by Gasteiger charge is -2.15. The Labute approximate surface area is 164 Å². The van der Waals surface area contributed by atoms with Gasteiger partial charge in [-0.3, -0.25) is 0 Å². The third kappa shape index (κ3) is 3.59. The van der Waals surface area contributed by atoms with Crippen LogP contribution in [0.2, 0.25) is 0 Å². The molecule has 7 heteroatoms. The summed E-state index contributed by atoms with van der Waals surface area (Å²) in [4.78, 5) is 4.50. The highest BCUT2D eigenvalue weighted by atomic mass is 79.9. The molecule has 0 fully saturated rings. The second-order valence-electron chi connectivity index (χ2n) is 5.59. The molecule has 0 amide bonds. The first-order chi connectivity index (χ1) is 12.7. The summed E-state index contributed by atoms with van der Waals surface area (Å²) >= 11 is 4.95. The minimum atomic E-state index is -0.372. The van der Waals surface area contributed by atoms with E-state index in [0.717, 1.165) is 21.3 Å². The summed E-state index contributed by atoms with van der Waals surface area (Å²) in [6.07, 6.45) is 5.53. The Balaban J connectivity index is 1.75. The SMILES string of the molecule is CSc1nnc2c(n1)OC(/C=C/c1ccccc1)Nc1ccc(Br)cc1-2. The van der Waals surface area contributed by atoms with Crippen molar-refractivity contribution in [1.82, 2.24) is 15.2 Å². The Morgan fingerprint density at radius 2 is 2.00 bits per heavy atom. The Hall–Kier alpha value is -2.38. The minimum Gasteiger partial charge on any atom is -0.448 e. The van der Waals surface area contributed by atoms with Crippen molar-refractivity contribution in [3.63, 3.8) is 0 Å². The molecule has 2 aromatic carbocycles. The van der Waals surface area contributed by atoms with Gasteiger partial charge in [-0.05, 0) is 36.1 Å². The molecule has 0 saturated carbocycles. The number of nitrogens with zero attached hydrogens (tertiary/aromatic N) is 3. The van der Waals surface area contributed by atoms with Gasteiger partial charge in [0, 0.05) is 15.7 Å². The topological polar surface area (TPSA) is 59.9 Å². The number of hydrogen-bond donors (Lipinski definition) is 1. The fraction of sp³-hybridized carbons (Fsp3) is 0.105. The molecule has 5 nitrogen and oxygen atoms in total. The van der Waals surface area contributed by atoms with Crippen molar-refractivity contribution >= 4 is 39.5 Å². The van der Waals surface area contributed by atoms with Gasteiger partial charge in [-0.1, -0.05) is 64.1 Å². The quantitative estimate of drug-likeness (QED) is 0.602. The molecular weight excluding hydrogens is 412 g/mol. The van der Waals surface area contributed by atoms with Crippen LogP contribution in [-0.4, -0.2) is 27.7 Å². The zero-order chi connectivity index (χ0) is 17.9. The van der Waals surface area contributed by atoms with Crippen molar-refractivity contribution in [2.45, 2.75) is 11.4 Å². The average Bonchev–Trinajstić information content (AvgIpc) is 2.83. The first-order valence-corrected chi connectivity index (χ1v) is 10.00. The smallest absolute Gasteiger partial charge is 0.247 e. The zero-order valence-corrected chi connectivity index (χ0v) is 16.3. The highest BCUT2D eigenvalue weighted by Gasteiger charge is 2.24. The van der Waals surface area contributed by atoms with Gasteiger partial charge in [0.25, 0.3) is 0 Å². The predicted molar refractivity (Wildman–Crippen MR) is 108 cm³/mol. The van der Waals surface area contributed by atoms with Crippen molar-refractivity contribution in [2.24, 2.45) is 0 Å². The van der Waals surface area contributed by atoms with E-state index in [9.17, 15) is 0 Å². The fourth-order valence-electron chi connectivity index (χ4n) is 2.63. The van der Waals surface area contributed by atoms with Gasteiger partial charge < -0.3 is 10.1 Å². The molecule has 0 bridgehead atoms. The molecule has 0 spiro atoms. The normalized spacial score (nSPS) is 15.5. The number of aromatic nitrogens is 3. The molecule has 1 aliphatic heterocycles. The molecule has 130 valence electrons. The summed E-state index contributed by atoms with van der Waals surface area (Å²) in [5.74, 6) is 0.469. The van der Waals surface area contributed by atoms with Crippen LogP contribution in [0.4, 0.5) is 5.69 Å². The van der Waals surface area contributed by atoms with E-state index in [1.165, 1.54) is 11.8 Å². The summed E-state index contributed by atoms with van der Waals surface area (Å²) in [6, 6.07) is 16.1. The van der Waals surface area contributed by atoms with E-state index in [1.54, 1.807) is 0 Å². The number of rotatable bonds is 3. The van der Waals surface area contributed by atoms with E-state index >= 15 is 0 Å². The van der Waals surface area contributed by atoms with Crippen LogP contribution in [0.1, 0.15) is 5.56 Å². The maximum absolute atomic E-state index is 6.10. The number of nitrogens with one attached hydrogen (secondary N) is 1. The number of anilines is 1. The highest BCUT2D eigenvalue weighted by Crippen LogP contribution is 2.38. The molecule has 1 aliphatic rings. The summed E-state index contributed by atoms with van der Waals surface area (Å²) in [7, 11) is 0. The zero-order valence-electron chi connectivity index (χ0n) is 13.9. The van der Waals surface area contributed by atoms with Crippen LogP contribution in [-0.2, 0) is 0 Å². The number of halogens is 1. The molecular formula is C19H15BrN4OS. The van der Waals surface area contributed by atoms with Crippen LogP contribution in [0, 0.1) is 0 Å². The third-order valence-corrected chi connectivity index (χ3v) is 4.89. The molecule has 26 heavy (non-hydrogen) atoms. The third-order valence-electron chi connectivity index (χ3n) is 3.85. The van der Waals surface area contributed by atoms with E-state index in [4.69, 9.17) is 4.74 Å². The lowest BCUT2D eigenvalue weighted by Crippen LogP contribution is -2.23. The van der Waals surface area contributed by atoms with Gasteiger partial charge in [-0.15, -0.1) is 10.2 Å². The van der Waals surface area contributed by atoms with Crippen LogP contribution in [0.15, 0.2) is 64.2 Å². The fourth-order valence-corrected chi connectivity index (χ4v) is 3.28. The predicted octanol–water partition coefficient (Wildman–Crippen LogP) is 4.87. The molecule has 0 saturated heterocycles. The second-order valence-corrected chi connectivity index (χ2v) is 7.28. The number of benzene rings is 2.